The number of ether oxygens (including phenoxy) is 1. The molecule has 0 aromatic heterocycles. The van der Waals surface area contributed by atoms with Crippen LogP contribution in [0.25, 0.3) is 0 Å². The SMILES string of the molecule is CN[C@@H]1CC[C@H](C(=O)N(C)C)C[C@H]1NC(=O)OC(C)(C)C. The van der Waals surface area contributed by atoms with Crippen LogP contribution in [0.3, 0.4) is 0 Å². The molecule has 0 spiro atoms. The van der Waals surface area contributed by atoms with Gasteiger partial charge in [-0.05, 0) is 47.1 Å². The molecule has 2 amide bonds. The van der Waals surface area contributed by atoms with Crippen LogP contribution in [0.2, 0.25) is 0 Å². The van der Waals surface area contributed by atoms with E-state index in [0.717, 1.165) is 12.8 Å². The van der Waals surface area contributed by atoms with E-state index in [-0.39, 0.29) is 23.9 Å². The highest BCUT2D eigenvalue weighted by Crippen LogP contribution is 2.26. The molecular weight excluding hydrogens is 270 g/mol. The minimum absolute atomic E-state index is 0.0375. The van der Waals surface area contributed by atoms with Gasteiger partial charge in [0.05, 0.1) is 0 Å². The predicted molar refractivity (Wildman–Crippen MR) is 82.0 cm³/mol. The molecule has 0 heterocycles. The Kier molecular flexibility index (Phi) is 6.01. The quantitative estimate of drug-likeness (QED) is 0.825. The summed E-state index contributed by atoms with van der Waals surface area (Å²) >= 11 is 0. The largest absolute Gasteiger partial charge is 0.444 e. The van der Waals surface area contributed by atoms with Gasteiger partial charge in [-0.2, -0.15) is 0 Å². The van der Waals surface area contributed by atoms with Gasteiger partial charge in [-0.1, -0.05) is 0 Å². The summed E-state index contributed by atoms with van der Waals surface area (Å²) in [6, 6.07) is 0.0798. The molecular formula is C15H29N3O3. The molecule has 1 aliphatic rings. The number of amides is 2. The Balaban J connectivity index is 2.67. The zero-order chi connectivity index (χ0) is 16.2. The van der Waals surface area contributed by atoms with E-state index >= 15 is 0 Å². The molecule has 21 heavy (non-hydrogen) atoms. The van der Waals surface area contributed by atoms with Crippen molar-refractivity contribution in [3.05, 3.63) is 0 Å². The third-order valence-electron chi connectivity index (χ3n) is 3.71. The second kappa shape index (κ2) is 7.11. The molecule has 3 atom stereocenters. The summed E-state index contributed by atoms with van der Waals surface area (Å²) in [5.74, 6) is 0.0880. The maximum atomic E-state index is 12.1. The van der Waals surface area contributed by atoms with Crippen LogP contribution in [0, 0.1) is 5.92 Å². The second-order valence-electron chi connectivity index (χ2n) is 6.89. The lowest BCUT2D eigenvalue weighted by Gasteiger charge is -2.37. The average Bonchev–Trinajstić information content (AvgIpc) is 2.35. The second-order valence-corrected chi connectivity index (χ2v) is 6.89. The van der Waals surface area contributed by atoms with Crippen LogP contribution in [0.4, 0.5) is 4.79 Å². The third-order valence-corrected chi connectivity index (χ3v) is 3.71. The van der Waals surface area contributed by atoms with Crippen molar-refractivity contribution in [2.75, 3.05) is 21.1 Å². The normalized spacial score (nSPS) is 26.1. The van der Waals surface area contributed by atoms with E-state index in [9.17, 15) is 9.59 Å². The Bertz CT molecular complexity index is 377. The van der Waals surface area contributed by atoms with Crippen molar-refractivity contribution in [3.8, 4) is 0 Å². The number of nitrogens with one attached hydrogen (secondary N) is 2. The lowest BCUT2D eigenvalue weighted by molar-refractivity contribution is -0.134. The Morgan fingerprint density at radius 3 is 2.24 bits per heavy atom. The van der Waals surface area contributed by atoms with E-state index in [1.54, 1.807) is 19.0 Å². The number of nitrogens with zero attached hydrogens (tertiary/aromatic N) is 1. The van der Waals surface area contributed by atoms with Crippen molar-refractivity contribution in [3.63, 3.8) is 0 Å². The molecule has 0 saturated heterocycles. The number of rotatable bonds is 3. The van der Waals surface area contributed by atoms with E-state index in [1.807, 2.05) is 27.8 Å². The minimum atomic E-state index is -0.521. The number of likely N-dealkylation sites (N-methyl/N-ethyl adjacent to an activating group) is 1. The highest BCUT2D eigenvalue weighted by molar-refractivity contribution is 5.78. The molecule has 0 aliphatic heterocycles. The Morgan fingerprint density at radius 1 is 1.14 bits per heavy atom. The fourth-order valence-corrected chi connectivity index (χ4v) is 2.72. The lowest BCUT2D eigenvalue weighted by atomic mass is 9.81. The molecule has 1 fully saturated rings. The van der Waals surface area contributed by atoms with Crippen LogP contribution in [-0.2, 0) is 9.53 Å². The first-order chi connectivity index (χ1) is 9.64. The summed E-state index contributed by atoms with van der Waals surface area (Å²) in [5, 5.41) is 6.12. The van der Waals surface area contributed by atoms with E-state index in [1.165, 1.54) is 0 Å². The number of alkyl carbamates (subject to hydrolysis) is 1. The molecule has 122 valence electrons. The molecule has 0 aromatic carbocycles. The van der Waals surface area contributed by atoms with Crippen LogP contribution in [0.15, 0.2) is 0 Å². The van der Waals surface area contributed by atoms with Crippen LogP contribution in [0.5, 0.6) is 0 Å². The topological polar surface area (TPSA) is 70.7 Å². The first kappa shape index (κ1) is 17.8. The van der Waals surface area contributed by atoms with E-state index in [0.29, 0.717) is 6.42 Å². The summed E-state index contributed by atoms with van der Waals surface area (Å²) in [4.78, 5) is 25.7. The summed E-state index contributed by atoms with van der Waals surface area (Å²) in [6.07, 6.45) is 1.92. The average molecular weight is 299 g/mol. The van der Waals surface area contributed by atoms with Gasteiger partial charge in [0.15, 0.2) is 0 Å². The van der Waals surface area contributed by atoms with Crippen molar-refractivity contribution in [1.29, 1.82) is 0 Å². The third kappa shape index (κ3) is 5.53. The van der Waals surface area contributed by atoms with Crippen LogP contribution in [0.1, 0.15) is 40.0 Å². The number of hydrogen-bond acceptors (Lipinski definition) is 4. The zero-order valence-corrected chi connectivity index (χ0v) is 14.0. The van der Waals surface area contributed by atoms with Crippen LogP contribution in [-0.4, -0.2) is 55.7 Å². The zero-order valence-electron chi connectivity index (χ0n) is 14.0. The van der Waals surface area contributed by atoms with Crippen LogP contribution >= 0.6 is 0 Å². The molecule has 0 unspecified atom stereocenters. The van der Waals surface area contributed by atoms with Gasteiger partial charge >= 0.3 is 6.09 Å². The highest BCUT2D eigenvalue weighted by atomic mass is 16.6. The molecule has 0 bridgehead atoms. The van der Waals surface area contributed by atoms with Gasteiger partial charge in [0, 0.05) is 32.1 Å². The lowest BCUT2D eigenvalue weighted by Crippen LogP contribution is -2.54. The monoisotopic (exact) mass is 299 g/mol. The van der Waals surface area contributed by atoms with Gasteiger partial charge < -0.3 is 20.3 Å². The van der Waals surface area contributed by atoms with Gasteiger partial charge in [0.2, 0.25) is 5.91 Å². The van der Waals surface area contributed by atoms with Gasteiger partial charge in [0.25, 0.3) is 0 Å². The molecule has 1 rings (SSSR count). The van der Waals surface area contributed by atoms with E-state index < -0.39 is 11.7 Å². The summed E-state index contributed by atoms with van der Waals surface area (Å²) in [7, 11) is 5.41. The summed E-state index contributed by atoms with van der Waals surface area (Å²) < 4.78 is 5.30. The maximum absolute atomic E-state index is 12.1. The minimum Gasteiger partial charge on any atom is -0.444 e. The molecule has 1 aliphatic carbocycles. The summed E-state index contributed by atoms with van der Waals surface area (Å²) in [5.41, 5.74) is -0.521. The fraction of sp³-hybridized carbons (Fsp3) is 0.867. The van der Waals surface area contributed by atoms with Crippen molar-refractivity contribution < 1.29 is 14.3 Å². The van der Waals surface area contributed by atoms with Gasteiger partial charge in [-0.25, -0.2) is 4.79 Å². The van der Waals surface area contributed by atoms with E-state index in [4.69, 9.17) is 4.74 Å². The first-order valence-electron chi connectivity index (χ1n) is 7.52. The number of carbonyl (C=O) groups excluding carboxylic acids is 2. The summed E-state index contributed by atoms with van der Waals surface area (Å²) in [6.45, 7) is 5.50. The first-order valence-corrected chi connectivity index (χ1v) is 7.52. The maximum Gasteiger partial charge on any atom is 0.407 e. The number of hydrogen-bond donors (Lipinski definition) is 2. The fourth-order valence-electron chi connectivity index (χ4n) is 2.72. The standard InChI is InChI=1S/C15H29N3O3/c1-15(2,3)21-14(20)17-12-9-10(13(19)18(5)6)7-8-11(12)16-4/h10-12,16H,7-9H2,1-6H3,(H,17,20)/t10-,11+,12+/m0/s1. The smallest absolute Gasteiger partial charge is 0.407 e. The molecule has 6 heteroatoms. The van der Waals surface area contributed by atoms with Crippen molar-refractivity contribution in [1.82, 2.24) is 15.5 Å². The van der Waals surface area contributed by atoms with Crippen molar-refractivity contribution in [2.24, 2.45) is 5.92 Å². The molecule has 0 aromatic rings. The van der Waals surface area contributed by atoms with Gasteiger partial charge in [0.1, 0.15) is 5.60 Å². The van der Waals surface area contributed by atoms with Gasteiger partial charge in [-0.15, -0.1) is 0 Å². The van der Waals surface area contributed by atoms with E-state index in [2.05, 4.69) is 10.6 Å². The molecule has 2 N–H and O–H groups in total. The van der Waals surface area contributed by atoms with Gasteiger partial charge in [-0.3, -0.25) is 4.79 Å². The highest BCUT2D eigenvalue weighted by Gasteiger charge is 2.35. The molecule has 0 radical (unpaired) electrons. The predicted octanol–water partition coefficient (Wildman–Crippen LogP) is 1.36. The van der Waals surface area contributed by atoms with Crippen molar-refractivity contribution in [2.45, 2.75) is 57.7 Å². The Hall–Kier alpha value is -1.30. The number of carbonyl (C=O) groups is 2. The van der Waals surface area contributed by atoms with Crippen LogP contribution < -0.4 is 10.6 Å². The Morgan fingerprint density at radius 2 is 1.76 bits per heavy atom. The van der Waals surface area contributed by atoms with Crippen molar-refractivity contribution >= 4 is 12.0 Å². The molecule has 6 nitrogen and oxygen atoms in total. The molecule has 1 saturated carbocycles. The Labute approximate surface area is 127 Å².